The zero-order valence-corrected chi connectivity index (χ0v) is 19.1. The number of imidazole rings is 1. The number of fused-ring (bicyclic) bond motifs is 1. The molecule has 0 saturated heterocycles. The zero-order chi connectivity index (χ0) is 22.8. The van der Waals surface area contributed by atoms with Crippen molar-refractivity contribution in [3.05, 3.63) is 57.2 Å². The van der Waals surface area contributed by atoms with E-state index in [1.165, 1.54) is 11.3 Å². The predicted octanol–water partition coefficient (Wildman–Crippen LogP) is 4.55. The number of aromatic amines is 1. The molecule has 2 heterocycles. The summed E-state index contributed by atoms with van der Waals surface area (Å²) >= 11 is 1.45. The van der Waals surface area contributed by atoms with Gasteiger partial charge >= 0.3 is 5.97 Å². The molecular formula is C24H24N4O3S. The van der Waals surface area contributed by atoms with Crippen molar-refractivity contribution in [2.45, 2.75) is 40.0 Å². The summed E-state index contributed by atoms with van der Waals surface area (Å²) in [6.07, 6.45) is 2.82. The number of anilines is 1. The Morgan fingerprint density at radius 2 is 2.06 bits per heavy atom. The van der Waals surface area contributed by atoms with Gasteiger partial charge in [-0.1, -0.05) is 19.1 Å². The van der Waals surface area contributed by atoms with Crippen molar-refractivity contribution in [1.29, 1.82) is 5.26 Å². The van der Waals surface area contributed by atoms with Crippen LogP contribution in [-0.2, 0) is 22.4 Å². The van der Waals surface area contributed by atoms with Crippen LogP contribution >= 0.6 is 11.3 Å². The number of nitriles is 1. The number of amides is 1. The van der Waals surface area contributed by atoms with Gasteiger partial charge in [0.05, 0.1) is 16.8 Å². The van der Waals surface area contributed by atoms with Gasteiger partial charge in [0.2, 0.25) is 0 Å². The minimum absolute atomic E-state index is 0.347. The van der Waals surface area contributed by atoms with Gasteiger partial charge in [-0.15, -0.1) is 11.3 Å². The topological polar surface area (TPSA) is 108 Å². The van der Waals surface area contributed by atoms with Crippen molar-refractivity contribution in [2.75, 3.05) is 11.9 Å². The third kappa shape index (κ3) is 4.43. The molecule has 0 aliphatic heterocycles. The fourth-order valence-corrected chi connectivity index (χ4v) is 5.16. The number of nitrogens with one attached hydrogen (secondary N) is 2. The molecule has 1 atom stereocenters. The van der Waals surface area contributed by atoms with Crippen LogP contribution < -0.4 is 5.32 Å². The Balaban J connectivity index is 1.36. The SMILES string of the molecule is Cc1nc(-c2ccc(C(=O)OCC(=O)Nc3sc4c(c3C#N)CCC(C)C4)cc2)[nH]c1C. The maximum Gasteiger partial charge on any atom is 0.338 e. The molecular weight excluding hydrogens is 424 g/mol. The summed E-state index contributed by atoms with van der Waals surface area (Å²) in [6.45, 7) is 5.66. The average Bonchev–Trinajstić information content (AvgIpc) is 3.30. The molecule has 0 fully saturated rings. The number of nitrogens with zero attached hydrogens (tertiary/aromatic N) is 2. The normalized spacial score (nSPS) is 15.0. The highest BCUT2D eigenvalue weighted by Crippen LogP contribution is 2.39. The van der Waals surface area contributed by atoms with Crippen molar-refractivity contribution in [2.24, 2.45) is 5.92 Å². The lowest BCUT2D eigenvalue weighted by molar-refractivity contribution is -0.119. The summed E-state index contributed by atoms with van der Waals surface area (Å²) in [5, 5.41) is 12.8. The molecule has 1 amide bonds. The van der Waals surface area contributed by atoms with E-state index in [1.54, 1.807) is 24.3 Å². The summed E-state index contributed by atoms with van der Waals surface area (Å²) in [5.41, 5.74) is 4.71. The molecule has 1 aliphatic rings. The van der Waals surface area contributed by atoms with Crippen molar-refractivity contribution < 1.29 is 14.3 Å². The molecule has 164 valence electrons. The maximum atomic E-state index is 12.4. The van der Waals surface area contributed by atoms with Crippen molar-refractivity contribution in [3.63, 3.8) is 0 Å². The molecule has 0 radical (unpaired) electrons. The first kappa shape index (κ1) is 21.8. The first-order valence-corrected chi connectivity index (χ1v) is 11.3. The molecule has 1 aromatic carbocycles. The Morgan fingerprint density at radius 3 is 2.72 bits per heavy atom. The number of carbonyl (C=O) groups excluding carboxylic acids is 2. The van der Waals surface area contributed by atoms with Gasteiger partial charge < -0.3 is 15.0 Å². The number of aromatic nitrogens is 2. The highest BCUT2D eigenvalue weighted by molar-refractivity contribution is 7.16. The number of hydrogen-bond acceptors (Lipinski definition) is 6. The van der Waals surface area contributed by atoms with Crippen molar-refractivity contribution in [1.82, 2.24) is 9.97 Å². The molecule has 0 spiro atoms. The number of benzene rings is 1. The number of ether oxygens (including phenoxy) is 1. The highest BCUT2D eigenvalue weighted by atomic mass is 32.1. The largest absolute Gasteiger partial charge is 0.452 e. The second-order valence-electron chi connectivity index (χ2n) is 8.17. The lowest BCUT2D eigenvalue weighted by atomic mass is 9.89. The van der Waals surface area contributed by atoms with Crippen LogP contribution in [0.2, 0.25) is 0 Å². The van der Waals surface area contributed by atoms with Crippen LogP contribution in [0.15, 0.2) is 24.3 Å². The monoisotopic (exact) mass is 448 g/mol. The first-order chi connectivity index (χ1) is 15.4. The lowest BCUT2D eigenvalue weighted by Gasteiger charge is -2.17. The Morgan fingerprint density at radius 1 is 1.31 bits per heavy atom. The smallest absolute Gasteiger partial charge is 0.338 e. The van der Waals surface area contributed by atoms with E-state index in [-0.39, 0.29) is 0 Å². The molecule has 8 heteroatoms. The molecule has 7 nitrogen and oxygen atoms in total. The molecule has 1 aliphatic carbocycles. The lowest BCUT2D eigenvalue weighted by Crippen LogP contribution is -2.20. The third-order valence-electron chi connectivity index (χ3n) is 5.73. The number of rotatable bonds is 5. The second kappa shape index (κ2) is 8.97. The standard InChI is InChI=1S/C24H24N4O3S/c1-13-4-9-18-19(11-25)23(32-20(18)10-13)28-21(29)12-31-24(30)17-7-5-16(6-8-17)22-26-14(2)15(3)27-22/h5-8,13H,4,9-10,12H2,1-3H3,(H,26,27)(H,28,29). The minimum atomic E-state index is -0.585. The Hall–Kier alpha value is -3.44. The van der Waals surface area contributed by atoms with Crippen molar-refractivity contribution >= 4 is 28.2 Å². The fraction of sp³-hybridized carbons (Fsp3) is 0.333. The predicted molar refractivity (Wildman–Crippen MR) is 123 cm³/mol. The van der Waals surface area contributed by atoms with Crippen LogP contribution in [-0.4, -0.2) is 28.5 Å². The number of aryl methyl sites for hydroxylation is 2. The molecule has 0 bridgehead atoms. The van der Waals surface area contributed by atoms with Gasteiger partial charge in [-0.05, 0) is 56.7 Å². The number of H-pyrrole nitrogens is 1. The average molecular weight is 449 g/mol. The van der Waals surface area contributed by atoms with Gasteiger partial charge in [0.1, 0.15) is 16.9 Å². The van der Waals surface area contributed by atoms with E-state index in [4.69, 9.17) is 4.74 Å². The first-order valence-electron chi connectivity index (χ1n) is 10.5. The molecule has 2 N–H and O–H groups in total. The van der Waals surface area contributed by atoms with Gasteiger partial charge in [-0.2, -0.15) is 5.26 Å². The number of esters is 1. The van der Waals surface area contributed by atoms with Crippen LogP contribution in [0.1, 0.15) is 51.1 Å². The molecule has 1 unspecified atom stereocenters. The van der Waals surface area contributed by atoms with Crippen LogP contribution in [0.4, 0.5) is 5.00 Å². The fourth-order valence-electron chi connectivity index (χ4n) is 3.78. The summed E-state index contributed by atoms with van der Waals surface area (Å²) in [4.78, 5) is 33.5. The van der Waals surface area contributed by atoms with Gasteiger partial charge in [-0.25, -0.2) is 9.78 Å². The summed E-state index contributed by atoms with van der Waals surface area (Å²) < 4.78 is 5.17. The quantitative estimate of drug-likeness (QED) is 0.557. The minimum Gasteiger partial charge on any atom is -0.452 e. The van der Waals surface area contributed by atoms with E-state index in [2.05, 4.69) is 28.3 Å². The summed E-state index contributed by atoms with van der Waals surface area (Å²) in [6, 6.07) is 9.07. The van der Waals surface area contributed by atoms with E-state index in [1.807, 2.05) is 13.8 Å². The summed E-state index contributed by atoms with van der Waals surface area (Å²) in [5.74, 6) is 0.267. The van der Waals surface area contributed by atoms with Crippen LogP contribution in [0.3, 0.4) is 0 Å². The van der Waals surface area contributed by atoms with E-state index in [0.29, 0.717) is 22.0 Å². The van der Waals surface area contributed by atoms with Crippen molar-refractivity contribution in [3.8, 4) is 17.5 Å². The second-order valence-corrected chi connectivity index (χ2v) is 9.27. The third-order valence-corrected chi connectivity index (χ3v) is 6.90. The number of thiophene rings is 1. The number of carbonyl (C=O) groups is 2. The van der Waals surface area contributed by atoms with E-state index >= 15 is 0 Å². The molecule has 2 aromatic heterocycles. The van der Waals surface area contributed by atoms with Crippen LogP contribution in [0.5, 0.6) is 0 Å². The Kier molecular flexibility index (Phi) is 6.10. The van der Waals surface area contributed by atoms with Gasteiger partial charge in [0.25, 0.3) is 5.91 Å². The zero-order valence-electron chi connectivity index (χ0n) is 18.2. The van der Waals surface area contributed by atoms with E-state index < -0.39 is 18.5 Å². The van der Waals surface area contributed by atoms with Crippen LogP contribution in [0, 0.1) is 31.1 Å². The maximum absolute atomic E-state index is 12.4. The molecule has 32 heavy (non-hydrogen) atoms. The molecule has 0 saturated carbocycles. The van der Waals surface area contributed by atoms with Gasteiger partial charge in [0, 0.05) is 16.1 Å². The van der Waals surface area contributed by atoms with Gasteiger partial charge in [-0.3, -0.25) is 4.79 Å². The van der Waals surface area contributed by atoms with E-state index in [0.717, 1.165) is 52.5 Å². The van der Waals surface area contributed by atoms with Gasteiger partial charge in [0.15, 0.2) is 6.61 Å². The van der Waals surface area contributed by atoms with E-state index in [9.17, 15) is 14.9 Å². The van der Waals surface area contributed by atoms with Crippen LogP contribution in [0.25, 0.3) is 11.4 Å². The Bertz CT molecular complexity index is 1200. The summed E-state index contributed by atoms with van der Waals surface area (Å²) in [7, 11) is 0. The number of hydrogen-bond donors (Lipinski definition) is 2. The highest BCUT2D eigenvalue weighted by Gasteiger charge is 2.25. The molecule has 4 rings (SSSR count). The molecule has 3 aromatic rings. The Labute approximate surface area is 190 Å².